The third-order valence-electron chi connectivity index (χ3n) is 3.07. The highest BCUT2D eigenvalue weighted by Crippen LogP contribution is 2.17. The maximum Gasteiger partial charge on any atom is 0.330 e. The zero-order chi connectivity index (χ0) is 17.6. The summed E-state index contributed by atoms with van der Waals surface area (Å²) in [6.45, 7) is 5.48. The molecule has 0 saturated heterocycles. The van der Waals surface area contributed by atoms with Gasteiger partial charge in [0.1, 0.15) is 0 Å². The molecule has 1 rings (SSSR count). The highest BCUT2D eigenvalue weighted by atomic mass is 79.9. The molecule has 3 N–H and O–H groups in total. The fraction of sp³-hybridized carbons (Fsp3) is 0.438. The van der Waals surface area contributed by atoms with Gasteiger partial charge in [-0.15, -0.1) is 0 Å². The van der Waals surface area contributed by atoms with E-state index in [4.69, 9.17) is 0 Å². The lowest BCUT2D eigenvalue weighted by molar-refractivity contribution is -0.142. The number of benzene rings is 1. The minimum absolute atomic E-state index is 0.0160. The molecule has 0 heterocycles. The van der Waals surface area contributed by atoms with Crippen molar-refractivity contribution in [3.63, 3.8) is 0 Å². The average molecular weight is 385 g/mol. The van der Waals surface area contributed by atoms with Gasteiger partial charge in [-0.2, -0.15) is 0 Å². The molecular formula is C16H21BrN2O4. The number of carboxylic acids is 1. The Kier molecular flexibility index (Phi) is 6.75. The number of amides is 2. The van der Waals surface area contributed by atoms with Crippen molar-refractivity contribution in [2.75, 3.05) is 6.54 Å². The fourth-order valence-electron chi connectivity index (χ4n) is 1.73. The van der Waals surface area contributed by atoms with Crippen molar-refractivity contribution in [3.8, 4) is 0 Å². The Morgan fingerprint density at radius 1 is 1.17 bits per heavy atom. The normalized spacial score (nSPS) is 12.3. The molecular weight excluding hydrogens is 364 g/mol. The zero-order valence-electron chi connectivity index (χ0n) is 13.4. The molecule has 0 bridgehead atoms. The van der Waals surface area contributed by atoms with E-state index in [9.17, 15) is 19.5 Å². The van der Waals surface area contributed by atoms with Crippen molar-refractivity contribution in [2.45, 2.75) is 33.2 Å². The van der Waals surface area contributed by atoms with Crippen LogP contribution >= 0.6 is 15.9 Å². The second-order valence-electron chi connectivity index (χ2n) is 6.15. The minimum Gasteiger partial charge on any atom is -0.479 e. The predicted molar refractivity (Wildman–Crippen MR) is 89.7 cm³/mol. The van der Waals surface area contributed by atoms with Gasteiger partial charge in [0.2, 0.25) is 11.8 Å². The van der Waals surface area contributed by atoms with Crippen molar-refractivity contribution < 1.29 is 19.5 Å². The van der Waals surface area contributed by atoms with Crippen LogP contribution in [0.25, 0.3) is 0 Å². The third kappa shape index (κ3) is 6.40. The Balaban J connectivity index is 2.57. The second kappa shape index (κ2) is 8.10. The van der Waals surface area contributed by atoms with Crippen LogP contribution in [0.2, 0.25) is 0 Å². The highest BCUT2D eigenvalue weighted by Gasteiger charge is 2.23. The minimum atomic E-state index is -1.14. The summed E-state index contributed by atoms with van der Waals surface area (Å²) in [6, 6.07) is 5.56. The number of rotatable bonds is 6. The van der Waals surface area contributed by atoms with E-state index in [0.717, 1.165) is 4.47 Å². The Morgan fingerprint density at radius 2 is 1.74 bits per heavy atom. The Bertz CT molecular complexity index is 579. The number of carbonyl (C=O) groups is 3. The number of nitrogens with one attached hydrogen (secondary N) is 2. The summed E-state index contributed by atoms with van der Waals surface area (Å²) in [7, 11) is 0. The van der Waals surface area contributed by atoms with E-state index >= 15 is 0 Å². The molecule has 0 aliphatic carbocycles. The van der Waals surface area contributed by atoms with Gasteiger partial charge in [-0.25, -0.2) is 4.79 Å². The van der Waals surface area contributed by atoms with Crippen LogP contribution in [-0.2, 0) is 14.4 Å². The predicted octanol–water partition coefficient (Wildman–Crippen LogP) is 2.24. The molecule has 0 saturated carbocycles. The quantitative estimate of drug-likeness (QED) is 0.700. The molecule has 126 valence electrons. The molecule has 7 heteroatoms. The van der Waals surface area contributed by atoms with Gasteiger partial charge in [0.05, 0.1) is 0 Å². The molecule has 1 atom stereocenters. The smallest absolute Gasteiger partial charge is 0.330 e. The summed E-state index contributed by atoms with van der Waals surface area (Å²) in [5, 5.41) is 14.4. The van der Waals surface area contributed by atoms with Gasteiger partial charge < -0.3 is 15.7 Å². The van der Waals surface area contributed by atoms with Gasteiger partial charge in [0.25, 0.3) is 0 Å². The first-order valence-corrected chi connectivity index (χ1v) is 7.96. The summed E-state index contributed by atoms with van der Waals surface area (Å²) in [5.41, 5.74) is -0.0508. The number of carbonyl (C=O) groups excluding carboxylic acids is 2. The molecule has 0 spiro atoms. The van der Waals surface area contributed by atoms with Crippen LogP contribution in [0.4, 0.5) is 0 Å². The van der Waals surface area contributed by atoms with Crippen molar-refractivity contribution in [3.05, 3.63) is 34.3 Å². The average Bonchev–Trinajstić information content (AvgIpc) is 2.44. The zero-order valence-corrected chi connectivity index (χ0v) is 14.9. The number of carboxylic acid groups (broad SMARTS) is 1. The summed E-state index contributed by atoms with van der Waals surface area (Å²) in [6.07, 6.45) is 0.0160. The van der Waals surface area contributed by atoms with Crippen LogP contribution in [0.15, 0.2) is 28.7 Å². The van der Waals surface area contributed by atoms with Gasteiger partial charge in [-0.05, 0) is 17.7 Å². The topological polar surface area (TPSA) is 95.5 Å². The molecule has 0 aromatic heterocycles. The Morgan fingerprint density at radius 3 is 2.22 bits per heavy atom. The summed E-state index contributed by atoms with van der Waals surface area (Å²) >= 11 is 3.27. The summed E-state index contributed by atoms with van der Waals surface area (Å²) in [5.74, 6) is -1.73. The summed E-state index contributed by atoms with van der Waals surface area (Å²) < 4.78 is 0.821. The van der Waals surface area contributed by atoms with Gasteiger partial charge in [0, 0.05) is 22.9 Å². The third-order valence-corrected chi connectivity index (χ3v) is 3.60. The molecule has 0 fully saturated rings. The first-order valence-electron chi connectivity index (χ1n) is 7.17. The van der Waals surface area contributed by atoms with Crippen LogP contribution in [0.1, 0.15) is 38.8 Å². The Labute approximate surface area is 143 Å². The lowest BCUT2D eigenvalue weighted by Gasteiger charge is -2.18. The van der Waals surface area contributed by atoms with Gasteiger partial charge >= 0.3 is 5.97 Å². The largest absolute Gasteiger partial charge is 0.479 e. The lowest BCUT2D eigenvalue weighted by atomic mass is 9.96. The van der Waals surface area contributed by atoms with Gasteiger partial charge in [0.15, 0.2) is 6.04 Å². The SMILES string of the molecule is CC(C)(C)C(=O)NCCC(=O)NC(C(=O)O)c1ccc(Br)cc1. The van der Waals surface area contributed by atoms with E-state index in [1.54, 1.807) is 45.0 Å². The van der Waals surface area contributed by atoms with E-state index in [1.807, 2.05) is 0 Å². The van der Waals surface area contributed by atoms with E-state index in [1.165, 1.54) is 0 Å². The number of hydrogen-bond donors (Lipinski definition) is 3. The van der Waals surface area contributed by atoms with Crippen molar-refractivity contribution >= 4 is 33.7 Å². The van der Waals surface area contributed by atoms with Crippen molar-refractivity contribution in [1.82, 2.24) is 10.6 Å². The molecule has 1 aromatic carbocycles. The molecule has 0 radical (unpaired) electrons. The lowest BCUT2D eigenvalue weighted by Crippen LogP contribution is -2.39. The van der Waals surface area contributed by atoms with Crippen molar-refractivity contribution in [1.29, 1.82) is 0 Å². The van der Waals surface area contributed by atoms with E-state index in [-0.39, 0.29) is 18.9 Å². The van der Waals surface area contributed by atoms with Crippen LogP contribution in [-0.4, -0.2) is 29.4 Å². The monoisotopic (exact) mass is 384 g/mol. The standard InChI is InChI=1S/C16H21BrN2O4/c1-16(2,3)15(23)18-9-8-12(20)19-13(14(21)22)10-4-6-11(17)7-5-10/h4-7,13H,8-9H2,1-3H3,(H,18,23)(H,19,20)(H,21,22). The maximum atomic E-state index is 11.9. The first-order chi connectivity index (χ1) is 10.6. The summed E-state index contributed by atoms with van der Waals surface area (Å²) in [4.78, 5) is 34.9. The molecule has 1 unspecified atom stereocenters. The molecule has 0 aliphatic heterocycles. The van der Waals surface area contributed by atoms with Crippen LogP contribution in [0.5, 0.6) is 0 Å². The van der Waals surface area contributed by atoms with E-state index in [2.05, 4.69) is 26.6 Å². The number of halogens is 1. The first kappa shape index (κ1) is 19.2. The molecule has 6 nitrogen and oxygen atoms in total. The maximum absolute atomic E-state index is 11.9. The highest BCUT2D eigenvalue weighted by molar-refractivity contribution is 9.10. The molecule has 23 heavy (non-hydrogen) atoms. The van der Waals surface area contributed by atoms with Crippen molar-refractivity contribution in [2.24, 2.45) is 5.41 Å². The molecule has 1 aromatic rings. The fourth-order valence-corrected chi connectivity index (χ4v) is 2.00. The van der Waals surface area contributed by atoms with E-state index in [0.29, 0.717) is 5.56 Å². The van der Waals surface area contributed by atoms with Crippen LogP contribution in [0, 0.1) is 5.41 Å². The van der Waals surface area contributed by atoms with E-state index < -0.39 is 23.3 Å². The molecule has 0 aliphatic rings. The molecule has 2 amide bonds. The second-order valence-corrected chi connectivity index (χ2v) is 7.06. The van der Waals surface area contributed by atoms with Gasteiger partial charge in [-0.1, -0.05) is 48.8 Å². The number of hydrogen-bond acceptors (Lipinski definition) is 3. The van der Waals surface area contributed by atoms with Gasteiger partial charge in [-0.3, -0.25) is 9.59 Å². The van der Waals surface area contributed by atoms with Crippen LogP contribution < -0.4 is 10.6 Å². The number of aliphatic carboxylic acids is 1. The van der Waals surface area contributed by atoms with Crippen LogP contribution in [0.3, 0.4) is 0 Å². The Hall–Kier alpha value is -1.89.